The Kier molecular flexibility index (Phi) is 5.79. The Labute approximate surface area is 174 Å². The van der Waals surface area contributed by atoms with E-state index in [1.807, 2.05) is 13.0 Å². The maximum absolute atomic E-state index is 4.05. The predicted molar refractivity (Wildman–Crippen MR) is 123 cm³/mol. The first-order valence-corrected chi connectivity index (χ1v) is 10.4. The van der Waals surface area contributed by atoms with Gasteiger partial charge in [-0.25, -0.2) is 0 Å². The van der Waals surface area contributed by atoms with Gasteiger partial charge in [-0.2, -0.15) is 0 Å². The van der Waals surface area contributed by atoms with Crippen LogP contribution in [0.4, 0.5) is 0 Å². The van der Waals surface area contributed by atoms with Crippen molar-refractivity contribution in [2.24, 2.45) is 0 Å². The van der Waals surface area contributed by atoms with Gasteiger partial charge in [0.15, 0.2) is 0 Å². The lowest BCUT2D eigenvalue weighted by Gasteiger charge is -2.15. The Hall–Kier alpha value is -3.29. The molecule has 0 atom stereocenters. The second kappa shape index (κ2) is 8.81. The van der Waals surface area contributed by atoms with Gasteiger partial charge in [0.05, 0.1) is 0 Å². The molecule has 1 fully saturated rings. The molecule has 29 heavy (non-hydrogen) atoms. The Morgan fingerprint density at radius 2 is 1.38 bits per heavy atom. The van der Waals surface area contributed by atoms with Gasteiger partial charge in [0, 0.05) is 5.56 Å². The van der Waals surface area contributed by atoms with Crippen LogP contribution in [-0.2, 0) is 0 Å². The van der Waals surface area contributed by atoms with Crippen LogP contribution < -0.4 is 0 Å². The van der Waals surface area contributed by atoms with Crippen LogP contribution in [0, 0.1) is 17.9 Å². The smallest absolute Gasteiger partial charge is 0.101 e. The Bertz CT molecular complexity index is 1060. The van der Waals surface area contributed by atoms with Crippen LogP contribution in [0.15, 0.2) is 66.7 Å². The lowest BCUT2D eigenvalue weighted by molar-refractivity contribution is 0.724. The molecule has 1 aliphatic carbocycles. The van der Waals surface area contributed by atoms with Gasteiger partial charge in [0.2, 0.25) is 0 Å². The van der Waals surface area contributed by atoms with Crippen molar-refractivity contribution in [1.82, 2.24) is 0 Å². The summed E-state index contributed by atoms with van der Waals surface area (Å²) in [7, 11) is 1.76. The van der Waals surface area contributed by atoms with Crippen LogP contribution in [0.3, 0.4) is 0 Å². The summed E-state index contributed by atoms with van der Waals surface area (Å²) >= 11 is 0. The van der Waals surface area contributed by atoms with Gasteiger partial charge in [-0.05, 0) is 83.8 Å². The quantitative estimate of drug-likeness (QED) is 0.421. The van der Waals surface area contributed by atoms with Gasteiger partial charge in [-0.15, -0.1) is 5.92 Å². The van der Waals surface area contributed by atoms with Gasteiger partial charge in [0.1, 0.15) is 5.56 Å². The van der Waals surface area contributed by atoms with E-state index in [1.165, 1.54) is 53.5 Å². The third kappa shape index (κ3) is 4.42. The minimum atomic E-state index is 0.666. The van der Waals surface area contributed by atoms with Crippen LogP contribution in [0.25, 0.3) is 27.1 Å². The van der Waals surface area contributed by atoms with Crippen molar-refractivity contribution in [2.75, 3.05) is 7.05 Å². The average Bonchev–Trinajstić information content (AvgIpc) is 3.29. The van der Waals surface area contributed by atoms with Crippen molar-refractivity contribution in [2.45, 2.75) is 38.5 Å². The van der Waals surface area contributed by atoms with Crippen molar-refractivity contribution in [3.05, 3.63) is 88.3 Å². The molecule has 0 bridgehead atoms. The number of hydrogen-bond acceptors (Lipinski definition) is 0. The molecule has 0 spiro atoms. The molecule has 0 radical (unpaired) electrons. The van der Waals surface area contributed by atoms with E-state index in [-0.39, 0.29) is 0 Å². The average molecular weight is 377 g/mol. The Balaban J connectivity index is 1.84. The van der Waals surface area contributed by atoms with E-state index in [4.69, 9.17) is 0 Å². The van der Waals surface area contributed by atoms with Gasteiger partial charge >= 0.3 is 6.07 Å². The highest BCUT2D eigenvalue weighted by Crippen LogP contribution is 2.38. The normalized spacial score (nSPS) is 13.3. The third-order valence-corrected chi connectivity index (χ3v) is 5.68. The molecular formula is C28H26N+. The molecule has 0 saturated heterocycles. The summed E-state index contributed by atoms with van der Waals surface area (Å²) in [6, 6.07) is 27.2. The van der Waals surface area contributed by atoms with E-state index in [0.717, 1.165) is 11.1 Å². The molecule has 0 aliphatic heterocycles. The molecule has 1 saturated carbocycles. The topological polar surface area (TPSA) is 4.36 Å². The standard InChI is InChI=1S/C28H26N/c1-3-8-21-9-6-13-24(15-21)27-17-26(23-11-4-5-12-23)18-28(19-27)25-14-7-10-22(16-25)20-29-2/h6-7,9-10,13-19,23H,4-5,11-12H2,1-2H3/q+1. The Morgan fingerprint density at radius 3 is 2.00 bits per heavy atom. The third-order valence-electron chi connectivity index (χ3n) is 5.68. The van der Waals surface area contributed by atoms with Gasteiger partial charge < -0.3 is 0 Å². The molecule has 0 amide bonds. The molecule has 0 N–H and O–H groups in total. The van der Waals surface area contributed by atoms with Crippen molar-refractivity contribution in [3.8, 4) is 40.2 Å². The highest BCUT2D eigenvalue weighted by molar-refractivity contribution is 5.75. The zero-order valence-corrected chi connectivity index (χ0v) is 17.2. The molecule has 0 aromatic heterocycles. The zero-order chi connectivity index (χ0) is 20.1. The first kappa shape index (κ1) is 19.0. The molecule has 3 aromatic rings. The van der Waals surface area contributed by atoms with Gasteiger partial charge in [-0.1, -0.05) is 60.0 Å². The lowest BCUT2D eigenvalue weighted by atomic mass is 9.89. The summed E-state index contributed by atoms with van der Waals surface area (Å²) in [4.78, 5) is 4.05. The molecule has 0 unspecified atom stereocenters. The summed E-state index contributed by atoms with van der Waals surface area (Å²) in [6.07, 6.45) is 5.26. The van der Waals surface area contributed by atoms with Crippen LogP contribution in [-0.4, -0.2) is 7.05 Å². The maximum atomic E-state index is 4.05. The van der Waals surface area contributed by atoms with Crippen molar-refractivity contribution in [1.29, 1.82) is 0 Å². The van der Waals surface area contributed by atoms with Crippen molar-refractivity contribution in [3.63, 3.8) is 0 Å². The molecule has 142 valence electrons. The minimum Gasteiger partial charge on any atom is -0.101 e. The first-order valence-electron chi connectivity index (χ1n) is 10.4. The van der Waals surface area contributed by atoms with E-state index in [9.17, 15) is 0 Å². The summed E-state index contributed by atoms with van der Waals surface area (Å²) < 4.78 is 0. The van der Waals surface area contributed by atoms with Crippen LogP contribution in [0.5, 0.6) is 0 Å². The van der Waals surface area contributed by atoms with Gasteiger partial charge in [-0.3, -0.25) is 0 Å². The number of hydrogen-bond donors (Lipinski definition) is 0. The fraction of sp³-hybridized carbons (Fsp3) is 0.250. The van der Waals surface area contributed by atoms with Crippen molar-refractivity contribution >= 4 is 0 Å². The van der Waals surface area contributed by atoms with E-state index in [0.29, 0.717) is 5.92 Å². The Morgan fingerprint density at radius 1 is 0.759 bits per heavy atom. The van der Waals surface area contributed by atoms with E-state index in [2.05, 4.69) is 83.4 Å². The highest BCUT2D eigenvalue weighted by atomic mass is 14.6. The summed E-state index contributed by atoms with van der Waals surface area (Å²) in [5.74, 6) is 6.86. The summed E-state index contributed by atoms with van der Waals surface area (Å²) in [5, 5.41) is 0. The zero-order valence-electron chi connectivity index (χ0n) is 17.2. The second-order valence-corrected chi connectivity index (χ2v) is 7.70. The second-order valence-electron chi connectivity index (χ2n) is 7.70. The molecule has 1 nitrogen and oxygen atoms in total. The van der Waals surface area contributed by atoms with Gasteiger partial charge in [0.25, 0.3) is 7.05 Å². The van der Waals surface area contributed by atoms with Crippen molar-refractivity contribution < 1.29 is 0 Å². The SMILES string of the molecule is CC#Cc1cccc(-c2cc(-c3cccc(C#[N+]C)c3)cc(C3CCCC3)c2)c1. The minimum absolute atomic E-state index is 0.666. The molecule has 3 aromatic carbocycles. The number of rotatable bonds is 3. The van der Waals surface area contributed by atoms with Crippen LogP contribution in [0.2, 0.25) is 0 Å². The fourth-order valence-corrected chi connectivity index (χ4v) is 4.30. The molecule has 1 heteroatoms. The monoisotopic (exact) mass is 376 g/mol. The largest absolute Gasteiger partial charge is 0.310 e. The predicted octanol–water partition coefficient (Wildman–Crippen LogP) is 7.36. The van der Waals surface area contributed by atoms with E-state index >= 15 is 0 Å². The van der Waals surface area contributed by atoms with E-state index in [1.54, 1.807) is 7.05 Å². The van der Waals surface area contributed by atoms with Crippen LogP contribution >= 0.6 is 0 Å². The molecular weight excluding hydrogens is 350 g/mol. The highest BCUT2D eigenvalue weighted by Gasteiger charge is 2.19. The number of benzene rings is 3. The fourth-order valence-electron chi connectivity index (χ4n) is 4.30. The summed E-state index contributed by atoms with van der Waals surface area (Å²) in [5.41, 5.74) is 8.50. The lowest BCUT2D eigenvalue weighted by Crippen LogP contribution is -1.95. The molecule has 1 aliphatic rings. The summed E-state index contributed by atoms with van der Waals surface area (Å²) in [6.45, 7) is 1.88. The first-order chi connectivity index (χ1) is 14.3. The van der Waals surface area contributed by atoms with Crippen LogP contribution in [0.1, 0.15) is 55.2 Å². The van der Waals surface area contributed by atoms with E-state index < -0.39 is 0 Å². The number of nitrogens with zero attached hydrogens (tertiary/aromatic N) is 1. The molecule has 0 heterocycles. The molecule has 4 rings (SSSR count). The maximum Gasteiger partial charge on any atom is 0.310 e.